The lowest BCUT2D eigenvalue weighted by Crippen LogP contribution is -1.99. The average Bonchev–Trinajstić information content (AvgIpc) is 2.90. The molecule has 3 aromatic rings. The summed E-state index contributed by atoms with van der Waals surface area (Å²) in [5.74, 6) is -0.854. The molecule has 5 heteroatoms. The fraction of sp³-hybridized carbons (Fsp3) is 0.111. The van der Waals surface area contributed by atoms with Gasteiger partial charge < -0.3 is 10.4 Å². The molecule has 0 atom stereocenters. The molecule has 0 saturated heterocycles. The Labute approximate surface area is 138 Å². The molecule has 0 unspecified atom stereocenters. The standard InChI is InChI=1S/C18H16N2O2S/c1-12-6-5-9-14(10-12)19-18-20-17(13-7-3-2-4-8-13)15(23-18)11-16(21)22/h2-10H,11H2,1H3,(H,19,20)(H,21,22). The molecule has 116 valence electrons. The highest BCUT2D eigenvalue weighted by Gasteiger charge is 2.15. The van der Waals surface area contributed by atoms with Crippen LogP contribution in [0.2, 0.25) is 0 Å². The minimum absolute atomic E-state index is 0.0304. The Balaban J connectivity index is 1.96. The first-order valence-corrected chi connectivity index (χ1v) is 8.04. The fourth-order valence-corrected chi connectivity index (χ4v) is 3.33. The first-order chi connectivity index (χ1) is 11.1. The summed E-state index contributed by atoms with van der Waals surface area (Å²) in [5.41, 5.74) is 3.76. The van der Waals surface area contributed by atoms with Gasteiger partial charge in [-0.1, -0.05) is 42.5 Å². The highest BCUT2D eigenvalue weighted by molar-refractivity contribution is 7.16. The van der Waals surface area contributed by atoms with Crippen molar-refractivity contribution in [1.29, 1.82) is 0 Å². The van der Waals surface area contributed by atoms with E-state index in [1.165, 1.54) is 11.3 Å². The predicted octanol–water partition coefficient (Wildman–Crippen LogP) is 4.49. The average molecular weight is 324 g/mol. The van der Waals surface area contributed by atoms with Crippen LogP contribution >= 0.6 is 11.3 Å². The third-order valence-electron chi connectivity index (χ3n) is 3.33. The molecule has 1 aromatic heterocycles. The molecule has 0 spiro atoms. The fourth-order valence-electron chi connectivity index (χ4n) is 2.33. The van der Waals surface area contributed by atoms with E-state index in [0.717, 1.165) is 27.4 Å². The number of nitrogens with zero attached hydrogens (tertiary/aromatic N) is 1. The van der Waals surface area contributed by atoms with Crippen LogP contribution in [0.25, 0.3) is 11.3 Å². The highest BCUT2D eigenvalue weighted by atomic mass is 32.1. The van der Waals surface area contributed by atoms with Gasteiger partial charge in [0.05, 0.1) is 12.1 Å². The Kier molecular flexibility index (Phi) is 4.39. The number of aliphatic carboxylic acids is 1. The molecular weight excluding hydrogens is 308 g/mol. The van der Waals surface area contributed by atoms with Crippen LogP contribution in [0.5, 0.6) is 0 Å². The lowest BCUT2D eigenvalue weighted by molar-refractivity contribution is -0.136. The summed E-state index contributed by atoms with van der Waals surface area (Å²) in [6.45, 7) is 2.03. The van der Waals surface area contributed by atoms with Gasteiger partial charge in [0, 0.05) is 16.1 Å². The Morgan fingerprint density at radius 1 is 1.17 bits per heavy atom. The number of carbonyl (C=O) groups is 1. The Hall–Kier alpha value is -2.66. The largest absolute Gasteiger partial charge is 0.481 e. The molecule has 0 bridgehead atoms. The van der Waals surface area contributed by atoms with Gasteiger partial charge in [-0.25, -0.2) is 4.98 Å². The summed E-state index contributed by atoms with van der Waals surface area (Å²) >= 11 is 1.38. The molecule has 0 fully saturated rings. The summed E-state index contributed by atoms with van der Waals surface area (Å²) in [5, 5.41) is 13.1. The molecule has 2 N–H and O–H groups in total. The minimum Gasteiger partial charge on any atom is -0.481 e. The van der Waals surface area contributed by atoms with Crippen molar-refractivity contribution in [3.05, 3.63) is 65.0 Å². The molecule has 0 aliphatic rings. The van der Waals surface area contributed by atoms with Crippen LogP contribution in [0.4, 0.5) is 10.8 Å². The first kappa shape index (κ1) is 15.2. The van der Waals surface area contributed by atoms with Crippen molar-refractivity contribution in [2.75, 3.05) is 5.32 Å². The van der Waals surface area contributed by atoms with Gasteiger partial charge in [0.1, 0.15) is 0 Å². The summed E-state index contributed by atoms with van der Waals surface area (Å²) in [4.78, 5) is 16.5. The molecule has 3 rings (SSSR count). The SMILES string of the molecule is Cc1cccc(Nc2nc(-c3ccccc3)c(CC(=O)O)s2)c1. The van der Waals surface area contributed by atoms with E-state index < -0.39 is 5.97 Å². The van der Waals surface area contributed by atoms with Crippen molar-refractivity contribution in [2.45, 2.75) is 13.3 Å². The van der Waals surface area contributed by atoms with Crippen LogP contribution in [-0.4, -0.2) is 16.1 Å². The zero-order valence-electron chi connectivity index (χ0n) is 12.6. The monoisotopic (exact) mass is 324 g/mol. The second-order valence-electron chi connectivity index (χ2n) is 5.22. The van der Waals surface area contributed by atoms with Crippen LogP contribution in [0.3, 0.4) is 0 Å². The molecule has 0 radical (unpaired) electrons. The summed E-state index contributed by atoms with van der Waals surface area (Å²) in [6.07, 6.45) is -0.0304. The highest BCUT2D eigenvalue weighted by Crippen LogP contribution is 2.33. The van der Waals surface area contributed by atoms with Crippen molar-refractivity contribution in [3.8, 4) is 11.3 Å². The Morgan fingerprint density at radius 3 is 2.65 bits per heavy atom. The van der Waals surface area contributed by atoms with Gasteiger partial charge in [0.15, 0.2) is 5.13 Å². The molecule has 1 heterocycles. The number of rotatable bonds is 5. The van der Waals surface area contributed by atoms with E-state index in [2.05, 4.69) is 10.3 Å². The van der Waals surface area contributed by atoms with Gasteiger partial charge in [-0.05, 0) is 24.6 Å². The van der Waals surface area contributed by atoms with Gasteiger partial charge in [0.2, 0.25) is 0 Å². The molecule has 0 aliphatic heterocycles. The number of aryl methyl sites for hydroxylation is 1. The van der Waals surface area contributed by atoms with Gasteiger partial charge in [-0.3, -0.25) is 4.79 Å². The number of anilines is 2. The van der Waals surface area contributed by atoms with E-state index in [1.807, 2.05) is 61.5 Å². The van der Waals surface area contributed by atoms with E-state index in [9.17, 15) is 4.79 Å². The van der Waals surface area contributed by atoms with Crippen molar-refractivity contribution < 1.29 is 9.90 Å². The second-order valence-corrected chi connectivity index (χ2v) is 6.31. The number of carboxylic acids is 1. The second kappa shape index (κ2) is 6.62. The summed E-state index contributed by atoms with van der Waals surface area (Å²) in [7, 11) is 0. The topological polar surface area (TPSA) is 62.2 Å². The quantitative estimate of drug-likeness (QED) is 0.726. The van der Waals surface area contributed by atoms with E-state index >= 15 is 0 Å². The Bertz CT molecular complexity index is 828. The van der Waals surface area contributed by atoms with Gasteiger partial charge in [0.25, 0.3) is 0 Å². The van der Waals surface area contributed by atoms with Gasteiger partial charge in [-0.2, -0.15) is 0 Å². The lowest BCUT2D eigenvalue weighted by Gasteiger charge is -2.02. The van der Waals surface area contributed by atoms with E-state index in [4.69, 9.17) is 5.11 Å². The van der Waals surface area contributed by atoms with Gasteiger partial charge >= 0.3 is 5.97 Å². The normalized spacial score (nSPS) is 10.5. The van der Waals surface area contributed by atoms with E-state index in [-0.39, 0.29) is 6.42 Å². The molecule has 0 amide bonds. The van der Waals surface area contributed by atoms with Crippen molar-refractivity contribution >= 4 is 28.1 Å². The zero-order chi connectivity index (χ0) is 16.2. The smallest absolute Gasteiger partial charge is 0.308 e. The third kappa shape index (κ3) is 3.76. The molecule has 23 heavy (non-hydrogen) atoms. The Morgan fingerprint density at radius 2 is 1.96 bits per heavy atom. The maximum atomic E-state index is 11.1. The number of thiazole rings is 1. The number of carboxylic acid groups (broad SMARTS) is 1. The summed E-state index contributed by atoms with van der Waals surface area (Å²) in [6, 6.07) is 17.7. The van der Waals surface area contributed by atoms with Gasteiger partial charge in [-0.15, -0.1) is 11.3 Å². The third-order valence-corrected chi connectivity index (χ3v) is 4.30. The molecule has 0 saturated carbocycles. The number of nitrogens with one attached hydrogen (secondary N) is 1. The van der Waals surface area contributed by atoms with Crippen LogP contribution in [0, 0.1) is 6.92 Å². The van der Waals surface area contributed by atoms with Crippen LogP contribution < -0.4 is 5.32 Å². The number of benzene rings is 2. The van der Waals surface area contributed by atoms with Crippen molar-refractivity contribution in [3.63, 3.8) is 0 Å². The number of hydrogen-bond acceptors (Lipinski definition) is 4. The predicted molar refractivity (Wildman–Crippen MR) is 93.4 cm³/mol. The maximum Gasteiger partial charge on any atom is 0.308 e. The molecule has 4 nitrogen and oxygen atoms in total. The lowest BCUT2D eigenvalue weighted by atomic mass is 10.1. The molecule has 0 aliphatic carbocycles. The van der Waals surface area contributed by atoms with Crippen molar-refractivity contribution in [2.24, 2.45) is 0 Å². The summed E-state index contributed by atoms with van der Waals surface area (Å²) < 4.78 is 0. The maximum absolute atomic E-state index is 11.1. The first-order valence-electron chi connectivity index (χ1n) is 7.22. The number of hydrogen-bond donors (Lipinski definition) is 2. The van der Waals surface area contributed by atoms with E-state index in [1.54, 1.807) is 0 Å². The molecular formula is C18H16N2O2S. The molecule has 2 aromatic carbocycles. The zero-order valence-corrected chi connectivity index (χ0v) is 13.4. The minimum atomic E-state index is -0.854. The van der Waals surface area contributed by atoms with Crippen molar-refractivity contribution in [1.82, 2.24) is 4.98 Å². The van der Waals surface area contributed by atoms with Crippen LogP contribution in [0.1, 0.15) is 10.4 Å². The van der Waals surface area contributed by atoms with Crippen LogP contribution in [0.15, 0.2) is 54.6 Å². The van der Waals surface area contributed by atoms with Crippen LogP contribution in [-0.2, 0) is 11.2 Å². The number of aromatic nitrogens is 1. The van der Waals surface area contributed by atoms with E-state index in [0.29, 0.717) is 5.13 Å².